The first-order valence-corrected chi connectivity index (χ1v) is 11.4. The van der Waals surface area contributed by atoms with Gasteiger partial charge in [-0.15, -0.1) is 0 Å². The molecular weight excluding hydrogens is 462 g/mol. The van der Waals surface area contributed by atoms with Gasteiger partial charge in [0, 0.05) is 17.1 Å². The quantitative estimate of drug-likeness (QED) is 0.256. The van der Waals surface area contributed by atoms with Crippen LogP contribution in [0.3, 0.4) is 0 Å². The number of anilines is 1. The van der Waals surface area contributed by atoms with E-state index in [0.717, 1.165) is 33.8 Å². The molecule has 3 aromatic rings. The lowest BCUT2D eigenvalue weighted by Gasteiger charge is -2.30. The Bertz CT molecular complexity index is 1420. The third-order valence-electron chi connectivity index (χ3n) is 6.24. The van der Waals surface area contributed by atoms with Crippen LogP contribution in [0.5, 0.6) is 0 Å². The zero-order chi connectivity index (χ0) is 25.4. The minimum absolute atomic E-state index is 0.000736. The van der Waals surface area contributed by atoms with Crippen LogP contribution >= 0.6 is 12.2 Å². The molecule has 7 nitrogen and oxygen atoms in total. The highest BCUT2D eigenvalue weighted by atomic mass is 32.1. The number of thiocarbonyl (C=S) groups is 1. The first-order valence-electron chi connectivity index (χ1n) is 11.0. The molecule has 4 rings (SSSR count). The molecule has 1 saturated heterocycles. The number of rotatable bonds is 4. The number of methoxy groups -OCH3 is 1. The lowest BCUT2D eigenvalue weighted by Crippen LogP contribution is -2.54. The second kappa shape index (κ2) is 9.31. The summed E-state index contributed by atoms with van der Waals surface area (Å²) in [5, 5.41) is 2.71. The summed E-state index contributed by atoms with van der Waals surface area (Å²) in [6, 6.07) is 14.6. The molecule has 1 N–H and O–H groups in total. The molecule has 8 heteroatoms. The summed E-state index contributed by atoms with van der Waals surface area (Å²) in [5.74, 6) is -1.41. The number of nitrogens with zero attached hydrogens (tertiary/aromatic N) is 2. The van der Waals surface area contributed by atoms with Gasteiger partial charge >= 0.3 is 5.97 Å². The van der Waals surface area contributed by atoms with Crippen molar-refractivity contribution in [2.24, 2.45) is 0 Å². The zero-order valence-corrected chi connectivity index (χ0v) is 20.9. The van der Waals surface area contributed by atoms with E-state index in [1.54, 1.807) is 18.2 Å². The maximum absolute atomic E-state index is 13.5. The first-order chi connectivity index (χ1) is 16.6. The number of amides is 2. The van der Waals surface area contributed by atoms with E-state index < -0.39 is 17.8 Å². The number of carbonyl (C=O) groups is 3. The van der Waals surface area contributed by atoms with Gasteiger partial charge in [0.25, 0.3) is 11.8 Å². The van der Waals surface area contributed by atoms with E-state index in [-0.39, 0.29) is 10.7 Å². The fourth-order valence-corrected chi connectivity index (χ4v) is 4.48. The van der Waals surface area contributed by atoms with Gasteiger partial charge in [0.1, 0.15) is 5.57 Å². The molecule has 0 radical (unpaired) electrons. The molecule has 1 aliphatic heterocycles. The monoisotopic (exact) mass is 487 g/mol. The van der Waals surface area contributed by atoms with Crippen molar-refractivity contribution in [2.45, 2.75) is 27.7 Å². The van der Waals surface area contributed by atoms with Crippen LogP contribution in [0.15, 0.2) is 54.1 Å². The van der Waals surface area contributed by atoms with Crippen LogP contribution in [-0.4, -0.2) is 34.6 Å². The molecule has 0 atom stereocenters. The SMILES string of the molecule is COC(=O)c1ccc(-n2c(C)cc(/C=C3\C(=O)NC(=S)N(c4cccc(C)c4C)C3=O)c2C)cc1. The van der Waals surface area contributed by atoms with Crippen molar-refractivity contribution in [3.8, 4) is 5.69 Å². The van der Waals surface area contributed by atoms with E-state index in [2.05, 4.69) is 5.32 Å². The summed E-state index contributed by atoms with van der Waals surface area (Å²) in [6.45, 7) is 7.72. The van der Waals surface area contributed by atoms with Gasteiger partial charge in [0.05, 0.1) is 18.4 Å². The number of aryl methyl sites for hydroxylation is 2. The van der Waals surface area contributed by atoms with Gasteiger partial charge in [-0.05, 0) is 99.1 Å². The number of aromatic nitrogens is 1. The van der Waals surface area contributed by atoms with Crippen molar-refractivity contribution >= 4 is 46.9 Å². The molecule has 2 amide bonds. The summed E-state index contributed by atoms with van der Waals surface area (Å²) >= 11 is 5.34. The molecule has 0 unspecified atom stereocenters. The van der Waals surface area contributed by atoms with Crippen LogP contribution in [0.2, 0.25) is 0 Å². The van der Waals surface area contributed by atoms with E-state index in [1.807, 2.05) is 68.7 Å². The highest BCUT2D eigenvalue weighted by Crippen LogP contribution is 2.29. The molecule has 1 aliphatic rings. The molecule has 178 valence electrons. The lowest BCUT2D eigenvalue weighted by molar-refractivity contribution is -0.122. The molecule has 0 saturated carbocycles. The van der Waals surface area contributed by atoms with Crippen LogP contribution < -0.4 is 10.2 Å². The summed E-state index contributed by atoms with van der Waals surface area (Å²) < 4.78 is 6.76. The van der Waals surface area contributed by atoms with Crippen molar-refractivity contribution in [2.75, 3.05) is 12.0 Å². The Morgan fingerprint density at radius 2 is 1.71 bits per heavy atom. The molecule has 35 heavy (non-hydrogen) atoms. The van der Waals surface area contributed by atoms with Crippen LogP contribution in [0.4, 0.5) is 5.69 Å². The van der Waals surface area contributed by atoms with E-state index in [0.29, 0.717) is 11.3 Å². The normalized spacial score (nSPS) is 14.9. The fraction of sp³-hybridized carbons (Fsp3) is 0.185. The first kappa shape index (κ1) is 24.1. The summed E-state index contributed by atoms with van der Waals surface area (Å²) in [4.78, 5) is 39.4. The van der Waals surface area contributed by atoms with Crippen LogP contribution in [0.25, 0.3) is 11.8 Å². The Kier molecular flexibility index (Phi) is 6.41. The Balaban J connectivity index is 1.74. The third-order valence-corrected chi connectivity index (χ3v) is 6.52. The molecule has 0 spiro atoms. The van der Waals surface area contributed by atoms with E-state index >= 15 is 0 Å². The topological polar surface area (TPSA) is 80.6 Å². The highest BCUT2D eigenvalue weighted by Gasteiger charge is 2.35. The standard InChI is InChI=1S/C27H25N3O4S/c1-15-7-6-8-23(17(15)3)30-25(32)22(24(31)28-27(30)35)14-20-13-16(2)29(18(20)4)21-11-9-19(10-12-21)26(33)34-5/h6-14H,1-5H3,(H,28,31,35)/b22-14+. The maximum Gasteiger partial charge on any atom is 0.337 e. The number of carbonyl (C=O) groups excluding carboxylic acids is 3. The molecule has 0 bridgehead atoms. The van der Waals surface area contributed by atoms with Gasteiger partial charge in [-0.25, -0.2) is 4.79 Å². The number of hydrogen-bond acceptors (Lipinski definition) is 5. The Labute approximate surface area is 209 Å². The number of nitrogens with one attached hydrogen (secondary N) is 1. The summed E-state index contributed by atoms with van der Waals surface area (Å²) in [6.07, 6.45) is 1.60. The van der Waals surface area contributed by atoms with Gasteiger partial charge in [-0.3, -0.25) is 19.8 Å². The van der Waals surface area contributed by atoms with E-state index in [1.165, 1.54) is 12.0 Å². The predicted molar refractivity (Wildman–Crippen MR) is 139 cm³/mol. The largest absolute Gasteiger partial charge is 0.465 e. The van der Waals surface area contributed by atoms with E-state index in [4.69, 9.17) is 17.0 Å². The fourth-order valence-electron chi connectivity index (χ4n) is 4.21. The van der Waals surface area contributed by atoms with Gasteiger partial charge in [0.2, 0.25) is 0 Å². The number of ether oxygens (including phenoxy) is 1. The number of benzene rings is 2. The Morgan fingerprint density at radius 3 is 2.37 bits per heavy atom. The Morgan fingerprint density at radius 1 is 1.03 bits per heavy atom. The van der Waals surface area contributed by atoms with Crippen molar-refractivity contribution in [1.29, 1.82) is 0 Å². The van der Waals surface area contributed by atoms with Crippen LogP contribution in [0, 0.1) is 27.7 Å². The molecule has 0 aliphatic carbocycles. The average Bonchev–Trinajstić information content (AvgIpc) is 3.11. The number of hydrogen-bond donors (Lipinski definition) is 1. The van der Waals surface area contributed by atoms with Crippen molar-refractivity contribution in [1.82, 2.24) is 9.88 Å². The second-order valence-electron chi connectivity index (χ2n) is 8.38. The van der Waals surface area contributed by atoms with Gasteiger partial charge in [-0.1, -0.05) is 12.1 Å². The van der Waals surface area contributed by atoms with Crippen molar-refractivity contribution in [3.63, 3.8) is 0 Å². The average molecular weight is 488 g/mol. The molecular formula is C27H25N3O4S. The molecule has 2 aromatic carbocycles. The molecule has 1 fully saturated rings. The minimum atomic E-state index is -0.534. The van der Waals surface area contributed by atoms with Gasteiger partial charge < -0.3 is 9.30 Å². The maximum atomic E-state index is 13.5. The smallest absolute Gasteiger partial charge is 0.337 e. The predicted octanol–water partition coefficient (Wildman–Crippen LogP) is 4.33. The van der Waals surface area contributed by atoms with Gasteiger partial charge in [0.15, 0.2) is 5.11 Å². The minimum Gasteiger partial charge on any atom is -0.465 e. The zero-order valence-electron chi connectivity index (χ0n) is 20.1. The van der Waals surface area contributed by atoms with Crippen molar-refractivity contribution < 1.29 is 19.1 Å². The lowest BCUT2D eigenvalue weighted by atomic mass is 10.0. The van der Waals surface area contributed by atoms with Crippen molar-refractivity contribution in [3.05, 3.63) is 87.7 Å². The van der Waals surface area contributed by atoms with E-state index in [9.17, 15) is 14.4 Å². The van der Waals surface area contributed by atoms with Crippen LogP contribution in [0.1, 0.15) is 38.4 Å². The third kappa shape index (κ3) is 4.28. The Hall–Kier alpha value is -4.04. The molecule has 2 heterocycles. The highest BCUT2D eigenvalue weighted by molar-refractivity contribution is 7.80. The van der Waals surface area contributed by atoms with Gasteiger partial charge in [-0.2, -0.15) is 0 Å². The summed E-state index contributed by atoms with van der Waals surface area (Å²) in [5.41, 5.74) is 6.34. The van der Waals surface area contributed by atoms with Crippen LogP contribution in [-0.2, 0) is 14.3 Å². The molecule has 1 aromatic heterocycles. The second-order valence-corrected chi connectivity index (χ2v) is 8.76. The summed E-state index contributed by atoms with van der Waals surface area (Å²) in [7, 11) is 1.34. The number of esters is 1.